The van der Waals surface area contributed by atoms with Crippen molar-refractivity contribution in [1.82, 2.24) is 14.8 Å². The number of carbonyl (C=O) groups is 2. The zero-order valence-corrected chi connectivity index (χ0v) is 15.6. The Hall–Kier alpha value is -2.72. The van der Waals surface area contributed by atoms with Gasteiger partial charge in [0.2, 0.25) is 15.9 Å². The van der Waals surface area contributed by atoms with Gasteiger partial charge in [-0.15, -0.1) is 0 Å². The van der Waals surface area contributed by atoms with Crippen molar-refractivity contribution in [3.05, 3.63) is 41.7 Å². The van der Waals surface area contributed by atoms with Gasteiger partial charge in [-0.2, -0.15) is 0 Å². The molecular weight excluding hydrogens is 360 g/mol. The molecule has 0 aliphatic rings. The van der Waals surface area contributed by atoms with Crippen molar-refractivity contribution in [2.45, 2.75) is 24.8 Å². The first-order valence-corrected chi connectivity index (χ1v) is 9.13. The SMILES string of the molecule is Cc1cc(NC(=O)[C@H](C)NC(=O)c2cccc(S(=O)(=O)N(C)C)c2)no1. The fourth-order valence-electron chi connectivity index (χ4n) is 2.01. The molecule has 2 N–H and O–H groups in total. The average molecular weight is 380 g/mol. The molecule has 0 aliphatic carbocycles. The van der Waals surface area contributed by atoms with Crippen LogP contribution in [0, 0.1) is 6.92 Å². The topological polar surface area (TPSA) is 122 Å². The van der Waals surface area contributed by atoms with E-state index in [0.29, 0.717) is 5.76 Å². The van der Waals surface area contributed by atoms with Gasteiger partial charge in [-0.25, -0.2) is 12.7 Å². The molecule has 1 atom stereocenters. The monoisotopic (exact) mass is 380 g/mol. The van der Waals surface area contributed by atoms with Crippen LogP contribution in [0.2, 0.25) is 0 Å². The Labute approximate surface area is 151 Å². The van der Waals surface area contributed by atoms with E-state index >= 15 is 0 Å². The van der Waals surface area contributed by atoms with Crippen molar-refractivity contribution < 1.29 is 22.5 Å². The molecule has 0 radical (unpaired) electrons. The van der Waals surface area contributed by atoms with Gasteiger partial charge in [0.05, 0.1) is 4.90 Å². The number of hydrogen-bond acceptors (Lipinski definition) is 6. The van der Waals surface area contributed by atoms with E-state index in [-0.39, 0.29) is 16.3 Å². The van der Waals surface area contributed by atoms with Crippen LogP contribution in [0.4, 0.5) is 5.82 Å². The summed E-state index contributed by atoms with van der Waals surface area (Å²) in [6.45, 7) is 3.18. The number of benzene rings is 1. The number of aryl methyl sites for hydroxylation is 1. The summed E-state index contributed by atoms with van der Waals surface area (Å²) in [6.07, 6.45) is 0. The molecule has 1 aromatic carbocycles. The van der Waals surface area contributed by atoms with E-state index in [4.69, 9.17) is 4.52 Å². The summed E-state index contributed by atoms with van der Waals surface area (Å²) >= 11 is 0. The number of sulfonamides is 1. The Kier molecular flexibility index (Phi) is 5.78. The third-order valence-electron chi connectivity index (χ3n) is 3.49. The van der Waals surface area contributed by atoms with Crippen LogP contribution in [0.15, 0.2) is 39.8 Å². The summed E-state index contributed by atoms with van der Waals surface area (Å²) in [7, 11) is -0.855. The minimum absolute atomic E-state index is 0.00896. The highest BCUT2D eigenvalue weighted by Gasteiger charge is 2.21. The Morgan fingerprint density at radius 2 is 1.92 bits per heavy atom. The zero-order chi connectivity index (χ0) is 19.5. The third kappa shape index (κ3) is 4.46. The normalized spacial score (nSPS) is 12.7. The van der Waals surface area contributed by atoms with Crippen LogP contribution in [-0.2, 0) is 14.8 Å². The van der Waals surface area contributed by atoms with Crippen molar-refractivity contribution in [2.75, 3.05) is 19.4 Å². The lowest BCUT2D eigenvalue weighted by Gasteiger charge is -2.14. The zero-order valence-electron chi connectivity index (χ0n) is 14.8. The second-order valence-electron chi connectivity index (χ2n) is 5.82. The molecule has 0 bridgehead atoms. The fraction of sp³-hybridized carbons (Fsp3) is 0.312. The standard InChI is InChI=1S/C16H20N4O5S/c1-10-8-14(19-25-10)18-15(21)11(2)17-16(22)12-6-5-7-13(9-12)26(23,24)20(3)4/h5-9,11H,1-4H3,(H,17,22)(H,18,19,21)/t11-/m0/s1. The largest absolute Gasteiger partial charge is 0.360 e. The Bertz CT molecular complexity index is 920. The predicted molar refractivity (Wildman–Crippen MR) is 94.1 cm³/mol. The predicted octanol–water partition coefficient (Wildman–Crippen LogP) is 0.990. The Morgan fingerprint density at radius 1 is 1.23 bits per heavy atom. The maximum absolute atomic E-state index is 12.3. The maximum Gasteiger partial charge on any atom is 0.251 e. The van der Waals surface area contributed by atoms with Crippen LogP contribution < -0.4 is 10.6 Å². The van der Waals surface area contributed by atoms with Crippen molar-refractivity contribution in [3.8, 4) is 0 Å². The molecule has 26 heavy (non-hydrogen) atoms. The van der Waals surface area contributed by atoms with Crippen molar-refractivity contribution in [2.24, 2.45) is 0 Å². The van der Waals surface area contributed by atoms with Crippen LogP contribution >= 0.6 is 0 Å². The lowest BCUT2D eigenvalue weighted by Crippen LogP contribution is -2.41. The van der Waals surface area contributed by atoms with Crippen molar-refractivity contribution in [3.63, 3.8) is 0 Å². The molecule has 0 saturated heterocycles. The summed E-state index contributed by atoms with van der Waals surface area (Å²) in [4.78, 5) is 24.4. The molecule has 10 heteroatoms. The van der Waals surface area contributed by atoms with Crippen LogP contribution in [-0.4, -0.2) is 49.8 Å². The average Bonchev–Trinajstić information content (AvgIpc) is 2.99. The molecule has 2 amide bonds. The lowest BCUT2D eigenvalue weighted by molar-refractivity contribution is -0.117. The van der Waals surface area contributed by atoms with Gasteiger partial charge in [-0.3, -0.25) is 9.59 Å². The lowest BCUT2D eigenvalue weighted by atomic mass is 10.2. The Balaban J connectivity index is 2.08. The smallest absolute Gasteiger partial charge is 0.251 e. The van der Waals surface area contributed by atoms with Crippen molar-refractivity contribution in [1.29, 1.82) is 0 Å². The third-order valence-corrected chi connectivity index (χ3v) is 5.31. The summed E-state index contributed by atoms with van der Waals surface area (Å²) in [6, 6.07) is 6.27. The van der Waals surface area contributed by atoms with Gasteiger partial charge in [0.1, 0.15) is 11.8 Å². The van der Waals surface area contributed by atoms with Crippen LogP contribution in [0.25, 0.3) is 0 Å². The molecule has 140 valence electrons. The molecule has 1 heterocycles. The molecule has 0 aliphatic heterocycles. The minimum atomic E-state index is -3.66. The molecule has 0 saturated carbocycles. The number of amides is 2. The summed E-state index contributed by atoms with van der Waals surface area (Å²) in [5.74, 6) is -0.271. The molecule has 2 rings (SSSR count). The van der Waals surface area contributed by atoms with E-state index in [0.717, 1.165) is 4.31 Å². The summed E-state index contributed by atoms with van der Waals surface area (Å²) in [5, 5.41) is 8.66. The number of aromatic nitrogens is 1. The molecule has 0 spiro atoms. The van der Waals surface area contributed by atoms with Gasteiger partial charge in [0.15, 0.2) is 5.82 Å². The fourth-order valence-corrected chi connectivity index (χ4v) is 2.96. The number of rotatable bonds is 6. The number of nitrogens with zero attached hydrogens (tertiary/aromatic N) is 2. The summed E-state index contributed by atoms with van der Waals surface area (Å²) in [5.41, 5.74) is 0.129. The first-order chi connectivity index (χ1) is 12.1. The second kappa shape index (κ2) is 7.67. The highest BCUT2D eigenvalue weighted by atomic mass is 32.2. The van der Waals surface area contributed by atoms with Gasteiger partial charge in [0, 0.05) is 25.7 Å². The first kappa shape index (κ1) is 19.6. The van der Waals surface area contributed by atoms with E-state index in [1.54, 1.807) is 13.0 Å². The quantitative estimate of drug-likeness (QED) is 0.771. The van der Waals surface area contributed by atoms with E-state index in [2.05, 4.69) is 15.8 Å². The van der Waals surface area contributed by atoms with Gasteiger partial charge < -0.3 is 15.2 Å². The highest BCUT2D eigenvalue weighted by molar-refractivity contribution is 7.89. The molecule has 0 fully saturated rings. The summed E-state index contributed by atoms with van der Waals surface area (Å²) < 4.78 is 30.2. The number of carbonyl (C=O) groups excluding carboxylic acids is 2. The first-order valence-electron chi connectivity index (χ1n) is 7.69. The van der Waals surface area contributed by atoms with E-state index < -0.39 is 27.9 Å². The second-order valence-corrected chi connectivity index (χ2v) is 7.97. The van der Waals surface area contributed by atoms with Gasteiger partial charge in [-0.1, -0.05) is 11.2 Å². The molecule has 9 nitrogen and oxygen atoms in total. The number of anilines is 1. The molecule has 1 aromatic heterocycles. The van der Waals surface area contributed by atoms with E-state index in [1.807, 2.05) is 0 Å². The van der Waals surface area contributed by atoms with Crippen LogP contribution in [0.1, 0.15) is 23.0 Å². The molecule has 2 aromatic rings. The molecular formula is C16H20N4O5S. The van der Waals surface area contributed by atoms with Crippen LogP contribution in [0.5, 0.6) is 0 Å². The van der Waals surface area contributed by atoms with Crippen molar-refractivity contribution >= 4 is 27.7 Å². The highest BCUT2D eigenvalue weighted by Crippen LogP contribution is 2.15. The maximum atomic E-state index is 12.3. The van der Waals surface area contributed by atoms with E-state index in [1.165, 1.54) is 45.3 Å². The van der Waals surface area contributed by atoms with Gasteiger partial charge in [-0.05, 0) is 32.0 Å². The van der Waals surface area contributed by atoms with Gasteiger partial charge >= 0.3 is 0 Å². The van der Waals surface area contributed by atoms with Gasteiger partial charge in [0.25, 0.3) is 5.91 Å². The Morgan fingerprint density at radius 3 is 2.50 bits per heavy atom. The minimum Gasteiger partial charge on any atom is -0.360 e. The molecule has 0 unspecified atom stereocenters. The number of nitrogens with one attached hydrogen (secondary N) is 2. The van der Waals surface area contributed by atoms with E-state index in [9.17, 15) is 18.0 Å². The number of hydrogen-bond donors (Lipinski definition) is 2. The van der Waals surface area contributed by atoms with Crippen LogP contribution in [0.3, 0.4) is 0 Å².